The van der Waals surface area contributed by atoms with E-state index in [4.69, 9.17) is 19.7 Å². The first-order chi connectivity index (χ1) is 12.0. The maximum Gasteiger partial charge on any atom is 0.193 e. The minimum absolute atomic E-state index is 0. The molecule has 0 amide bonds. The van der Waals surface area contributed by atoms with Crippen LogP contribution in [0.2, 0.25) is 0 Å². The van der Waals surface area contributed by atoms with Crippen molar-refractivity contribution in [2.75, 3.05) is 25.1 Å². The maximum absolute atomic E-state index is 6.02. The van der Waals surface area contributed by atoms with Crippen molar-refractivity contribution in [2.45, 2.75) is 33.1 Å². The summed E-state index contributed by atoms with van der Waals surface area (Å²) in [6.07, 6.45) is 0.876. The summed E-state index contributed by atoms with van der Waals surface area (Å²) in [4.78, 5) is 4.43. The molecule has 0 radical (unpaired) electrons. The molecule has 3 N–H and O–H groups in total. The van der Waals surface area contributed by atoms with E-state index in [0.717, 1.165) is 40.6 Å². The summed E-state index contributed by atoms with van der Waals surface area (Å²) in [5.41, 5.74) is 8.82. The highest BCUT2D eigenvalue weighted by Crippen LogP contribution is 2.32. The first-order valence-corrected chi connectivity index (χ1v) is 8.44. The molecule has 1 atom stereocenters. The lowest BCUT2D eigenvalue weighted by molar-refractivity contribution is 0.297. The molecule has 2 aromatic rings. The Morgan fingerprint density at radius 2 is 2.00 bits per heavy atom. The number of ether oxygens (including phenoxy) is 2. The summed E-state index contributed by atoms with van der Waals surface area (Å²) in [6, 6.07) is 5.65. The van der Waals surface area contributed by atoms with Crippen molar-refractivity contribution in [2.24, 2.45) is 10.7 Å². The molecule has 0 spiro atoms. The summed E-state index contributed by atoms with van der Waals surface area (Å²) in [7, 11) is 0. The zero-order chi connectivity index (χ0) is 17.8. The van der Waals surface area contributed by atoms with E-state index in [1.165, 1.54) is 0 Å². The topological polar surface area (TPSA) is 94.9 Å². The van der Waals surface area contributed by atoms with Crippen LogP contribution in [0.3, 0.4) is 0 Å². The molecule has 26 heavy (non-hydrogen) atoms. The summed E-state index contributed by atoms with van der Waals surface area (Å²) in [5, 5.41) is 7.08. The van der Waals surface area contributed by atoms with Gasteiger partial charge in [0, 0.05) is 36.2 Å². The second-order valence-corrected chi connectivity index (χ2v) is 6.20. The van der Waals surface area contributed by atoms with E-state index in [1.54, 1.807) is 0 Å². The smallest absolute Gasteiger partial charge is 0.193 e. The van der Waals surface area contributed by atoms with Gasteiger partial charge in [-0.15, -0.1) is 24.0 Å². The molecule has 2 heterocycles. The Bertz CT molecular complexity index is 756. The molecule has 0 fully saturated rings. The normalized spacial score (nSPS) is 15.0. The van der Waals surface area contributed by atoms with E-state index in [0.29, 0.717) is 25.7 Å². The summed E-state index contributed by atoms with van der Waals surface area (Å²) in [5.74, 6) is 2.84. The second kappa shape index (κ2) is 9.11. The Labute approximate surface area is 170 Å². The maximum atomic E-state index is 6.02. The third kappa shape index (κ3) is 4.80. The number of rotatable bonds is 4. The van der Waals surface area contributed by atoms with Crippen LogP contribution in [0.5, 0.6) is 11.5 Å². The van der Waals surface area contributed by atoms with Crippen LogP contribution in [0.4, 0.5) is 5.69 Å². The Balaban J connectivity index is 0.00000243. The zero-order valence-electron chi connectivity index (χ0n) is 15.2. The average molecular weight is 472 g/mol. The Morgan fingerprint density at radius 3 is 2.69 bits per heavy atom. The zero-order valence-corrected chi connectivity index (χ0v) is 17.6. The fourth-order valence-electron chi connectivity index (χ4n) is 2.95. The number of nitrogens with one attached hydrogen (secondary N) is 1. The van der Waals surface area contributed by atoms with Crippen molar-refractivity contribution in [3.63, 3.8) is 0 Å². The third-order valence-electron chi connectivity index (χ3n) is 4.14. The van der Waals surface area contributed by atoms with E-state index >= 15 is 0 Å². The van der Waals surface area contributed by atoms with Crippen LogP contribution in [0.25, 0.3) is 0 Å². The molecule has 1 aromatic heterocycles. The molecule has 142 valence electrons. The number of guanidine groups is 1. The van der Waals surface area contributed by atoms with E-state index < -0.39 is 0 Å². The van der Waals surface area contributed by atoms with Crippen molar-refractivity contribution in [1.29, 1.82) is 0 Å². The van der Waals surface area contributed by atoms with Gasteiger partial charge in [0.1, 0.15) is 5.76 Å². The number of aliphatic imine (C=N–C) groups is 1. The van der Waals surface area contributed by atoms with Crippen LogP contribution in [-0.4, -0.2) is 30.9 Å². The monoisotopic (exact) mass is 472 g/mol. The van der Waals surface area contributed by atoms with Crippen molar-refractivity contribution in [3.8, 4) is 11.5 Å². The summed E-state index contributed by atoms with van der Waals surface area (Å²) in [6.45, 7) is 7.79. The number of nitrogens with zero attached hydrogens (tertiary/aromatic N) is 2. The standard InChI is InChI=1S/C18H24N4O3.HI/c1-11(17-12(2)22-25-13(17)3)10-20-18(19)21-14-5-6-15-16(9-14)24-8-4-7-23-15;/h5-6,9,11H,4,7-8,10H2,1-3H3,(H3,19,20,21);1H. The number of fused-ring (bicyclic) bond motifs is 1. The highest BCUT2D eigenvalue weighted by atomic mass is 127. The van der Waals surface area contributed by atoms with Gasteiger partial charge in [-0.05, 0) is 26.0 Å². The predicted molar refractivity (Wildman–Crippen MR) is 112 cm³/mol. The van der Waals surface area contributed by atoms with Gasteiger partial charge in [0.2, 0.25) is 0 Å². The number of anilines is 1. The number of aromatic nitrogens is 1. The summed E-state index contributed by atoms with van der Waals surface area (Å²) >= 11 is 0. The lowest BCUT2D eigenvalue weighted by Gasteiger charge is -2.12. The molecule has 1 aliphatic rings. The van der Waals surface area contributed by atoms with Gasteiger partial charge in [0.15, 0.2) is 17.5 Å². The Morgan fingerprint density at radius 1 is 1.27 bits per heavy atom. The molecule has 8 heteroatoms. The number of benzene rings is 1. The molecule has 0 saturated carbocycles. The molecule has 1 aromatic carbocycles. The van der Waals surface area contributed by atoms with Gasteiger partial charge in [0.25, 0.3) is 0 Å². The fraction of sp³-hybridized carbons (Fsp3) is 0.444. The molecule has 3 rings (SSSR count). The minimum atomic E-state index is 0. The van der Waals surface area contributed by atoms with E-state index in [9.17, 15) is 0 Å². The van der Waals surface area contributed by atoms with Crippen molar-refractivity contribution in [1.82, 2.24) is 5.16 Å². The molecule has 0 saturated heterocycles. The van der Waals surface area contributed by atoms with E-state index in [2.05, 4.69) is 22.4 Å². The predicted octanol–water partition coefficient (Wildman–Crippen LogP) is 3.60. The number of hydrogen-bond donors (Lipinski definition) is 2. The lowest BCUT2D eigenvalue weighted by Crippen LogP contribution is -2.23. The molecular formula is C18H25IN4O3. The van der Waals surface area contributed by atoms with Gasteiger partial charge in [-0.1, -0.05) is 12.1 Å². The minimum Gasteiger partial charge on any atom is -0.490 e. The van der Waals surface area contributed by atoms with Gasteiger partial charge in [-0.2, -0.15) is 0 Å². The van der Waals surface area contributed by atoms with Crippen molar-refractivity contribution < 1.29 is 14.0 Å². The van der Waals surface area contributed by atoms with Crippen molar-refractivity contribution >= 4 is 35.6 Å². The van der Waals surface area contributed by atoms with E-state index in [-0.39, 0.29) is 29.9 Å². The number of aryl methyl sites for hydroxylation is 2. The van der Waals surface area contributed by atoms with Gasteiger partial charge < -0.3 is 25.0 Å². The van der Waals surface area contributed by atoms with Crippen LogP contribution in [0.1, 0.15) is 36.3 Å². The first kappa shape index (κ1) is 20.3. The number of nitrogens with two attached hydrogens (primary N) is 1. The van der Waals surface area contributed by atoms with Gasteiger partial charge >= 0.3 is 0 Å². The Kier molecular flexibility index (Phi) is 7.13. The lowest BCUT2D eigenvalue weighted by atomic mass is 10.00. The van der Waals surface area contributed by atoms with E-state index in [1.807, 2.05) is 32.0 Å². The molecule has 7 nitrogen and oxygen atoms in total. The third-order valence-corrected chi connectivity index (χ3v) is 4.14. The summed E-state index contributed by atoms with van der Waals surface area (Å²) < 4.78 is 16.5. The van der Waals surface area contributed by atoms with Gasteiger partial charge in [-0.25, -0.2) is 0 Å². The molecule has 0 aliphatic carbocycles. The average Bonchev–Trinajstić information content (AvgIpc) is 2.79. The molecule has 1 unspecified atom stereocenters. The van der Waals surface area contributed by atoms with Crippen LogP contribution >= 0.6 is 24.0 Å². The van der Waals surface area contributed by atoms with Crippen molar-refractivity contribution in [3.05, 3.63) is 35.2 Å². The van der Waals surface area contributed by atoms with Crippen LogP contribution < -0.4 is 20.5 Å². The first-order valence-electron chi connectivity index (χ1n) is 8.44. The molecule has 0 bridgehead atoms. The SMILES string of the molecule is Cc1noc(C)c1C(C)CN=C(N)Nc1ccc2c(c1)OCCCO2.I. The fourth-order valence-corrected chi connectivity index (χ4v) is 2.95. The highest BCUT2D eigenvalue weighted by Gasteiger charge is 2.16. The Hall–Kier alpha value is -1.97. The largest absolute Gasteiger partial charge is 0.490 e. The van der Waals surface area contributed by atoms with Gasteiger partial charge in [-0.3, -0.25) is 4.99 Å². The number of hydrogen-bond acceptors (Lipinski definition) is 5. The van der Waals surface area contributed by atoms with Crippen LogP contribution in [0.15, 0.2) is 27.7 Å². The second-order valence-electron chi connectivity index (χ2n) is 6.20. The van der Waals surface area contributed by atoms with Crippen LogP contribution in [0, 0.1) is 13.8 Å². The highest BCUT2D eigenvalue weighted by molar-refractivity contribution is 14.0. The molecular weight excluding hydrogens is 447 g/mol. The quantitative estimate of drug-likeness (QED) is 0.401. The van der Waals surface area contributed by atoms with Gasteiger partial charge in [0.05, 0.1) is 18.9 Å². The molecule has 1 aliphatic heterocycles. The van der Waals surface area contributed by atoms with Crippen LogP contribution in [-0.2, 0) is 0 Å². The number of halogens is 1.